The van der Waals surface area contributed by atoms with E-state index < -0.39 is 194 Å². The van der Waals surface area contributed by atoms with E-state index >= 15 is 39.9 Å². The largest absolute Gasteiger partial charge is 0.531 e. The van der Waals surface area contributed by atoms with Crippen molar-refractivity contribution in [2.45, 2.75) is 233 Å². The Bertz CT molecular complexity index is 4560. The first kappa shape index (κ1) is 95.6. The van der Waals surface area contributed by atoms with Crippen molar-refractivity contribution in [3.63, 3.8) is 0 Å². The molecule has 4 amide bonds. The summed E-state index contributed by atoms with van der Waals surface area (Å²) in [4.78, 5) is 112. The zero-order valence-corrected chi connectivity index (χ0v) is 70.6. The van der Waals surface area contributed by atoms with Gasteiger partial charge in [-0.2, -0.15) is 40.2 Å². The number of nitrogens with one attached hydrogen (secondary N) is 4. The molecule has 3 aromatic carbocycles. The number of esters is 2. The van der Waals surface area contributed by atoms with Gasteiger partial charge in [0.2, 0.25) is 18.6 Å². The Morgan fingerprint density at radius 3 is 1.71 bits per heavy atom. The molecule has 3 fully saturated rings. The lowest BCUT2D eigenvalue weighted by molar-refractivity contribution is -0.221. The molecule has 3 aliphatic heterocycles. The average Bonchev–Trinajstić information content (AvgIpc) is 1.44. The number of anilines is 1. The number of methoxy groups -OCH3 is 2. The third-order valence-electron chi connectivity index (χ3n) is 19.6. The van der Waals surface area contributed by atoms with Crippen LogP contribution in [0, 0.1) is 41.2 Å². The lowest BCUT2D eigenvalue weighted by Crippen LogP contribution is -2.64. The molecule has 2 bridgehead atoms. The predicted octanol–water partition coefficient (Wildman–Crippen LogP) is 13.4. The fourth-order valence-corrected chi connectivity index (χ4v) is 15.5. The number of carbonyl (C=O) groups excluding carboxylic acids is 7. The second-order valence-corrected chi connectivity index (χ2v) is 35.5. The Balaban J connectivity index is 1.21. The van der Waals surface area contributed by atoms with E-state index in [1.807, 2.05) is 5.32 Å². The summed E-state index contributed by atoms with van der Waals surface area (Å²) < 4.78 is 223. The monoisotopic (exact) mass is 1730 g/mol. The first-order valence-corrected chi connectivity index (χ1v) is 39.5. The van der Waals surface area contributed by atoms with E-state index in [0.29, 0.717) is 112 Å². The van der Waals surface area contributed by atoms with Crippen LogP contribution in [-0.2, 0) is 90.8 Å². The number of phosphoric acid groups is 1. The predicted molar refractivity (Wildman–Crippen MR) is 412 cm³/mol. The Morgan fingerprint density at radius 1 is 0.675 bits per heavy atom. The molecule has 0 spiro atoms. The first-order valence-electron chi connectivity index (χ1n) is 38.1. The van der Waals surface area contributed by atoms with Gasteiger partial charge in [0.1, 0.15) is 41.2 Å². The van der Waals surface area contributed by atoms with Crippen LogP contribution in [-0.4, -0.2) is 197 Å². The SMILES string of the molecule is COC(=O)N[C@H](C(=O)N[C@@H](Cc1ccc(C#Cc2cnc(N3CC4CCC(C3)N4C3COC3)nc2)cc1)[C@H](CN(Cc1c(F)cc(-c2ccn(C(F)F)n2)cc1F)NC(=O)[C@@H](NC(=O)OC)C(C)(C)C(F)(F)F)OC(=O)OCOC(=O)CC(C)(C)c1c(CC(=O)OC(C)(C)C)cc(C)cc1OP(=O)(OC(C)(C)C)OC(C)(C)C)C(C)(C)C(F)(F)F. The minimum atomic E-state index is -5.39. The number of amides is 4. The van der Waals surface area contributed by atoms with Crippen molar-refractivity contribution in [3.05, 3.63) is 124 Å². The fourth-order valence-electron chi connectivity index (χ4n) is 13.6. The lowest BCUT2D eigenvalue weighted by atomic mass is 9.77. The number of piperazine rings is 1. The summed E-state index contributed by atoms with van der Waals surface area (Å²) in [6.07, 6.45) is -14.3. The van der Waals surface area contributed by atoms with Crippen LogP contribution in [0.25, 0.3) is 11.3 Å². The maximum Gasteiger partial charge on any atom is 0.531 e. The van der Waals surface area contributed by atoms with E-state index in [2.05, 4.69) is 56.9 Å². The molecule has 2 aromatic heterocycles. The van der Waals surface area contributed by atoms with Crippen LogP contribution >= 0.6 is 7.82 Å². The maximum absolute atomic E-state index is 16.9. The first-order chi connectivity index (χ1) is 55.5. The van der Waals surface area contributed by atoms with Crippen molar-refractivity contribution in [3.8, 4) is 28.8 Å². The van der Waals surface area contributed by atoms with Gasteiger partial charge in [-0.15, -0.1) is 0 Å². The molecule has 120 heavy (non-hydrogen) atoms. The van der Waals surface area contributed by atoms with Crippen molar-refractivity contribution in [2.75, 3.05) is 58.8 Å². The van der Waals surface area contributed by atoms with Crippen LogP contribution in [0.3, 0.4) is 0 Å². The minimum absolute atomic E-state index is 0.0815. The number of ether oxygens (including phenoxy) is 7. The molecule has 2 unspecified atom stereocenters. The molecule has 40 heteroatoms. The highest BCUT2D eigenvalue weighted by molar-refractivity contribution is 7.49. The maximum atomic E-state index is 16.9. The number of benzene rings is 3. The fraction of sp³-hybridized carbons (Fsp3) is 0.575. The number of rotatable bonds is 31. The number of hydrazine groups is 1. The molecule has 3 aliphatic rings. The van der Waals surface area contributed by atoms with Crippen molar-refractivity contribution in [2.24, 2.45) is 10.8 Å². The molecule has 3 saturated heterocycles. The average molecular weight is 1730 g/mol. The van der Waals surface area contributed by atoms with Gasteiger partial charge in [-0.1, -0.05) is 43.9 Å². The molecule has 0 radical (unpaired) electrons. The van der Waals surface area contributed by atoms with E-state index in [9.17, 15) is 42.1 Å². The molecule has 5 aromatic rings. The molecule has 0 aliphatic carbocycles. The lowest BCUT2D eigenvalue weighted by Gasteiger charge is -2.47. The molecule has 8 rings (SSSR count). The summed E-state index contributed by atoms with van der Waals surface area (Å²) in [5.74, 6) is -2.36. The number of alkyl halides is 8. The third-order valence-corrected chi connectivity index (χ3v) is 21.6. The van der Waals surface area contributed by atoms with Gasteiger partial charge in [0, 0.05) is 78.0 Å². The van der Waals surface area contributed by atoms with E-state index in [1.54, 1.807) is 80.6 Å². The summed E-state index contributed by atoms with van der Waals surface area (Å²) in [6, 6.07) is 4.27. The topological polar surface area (TPSA) is 330 Å². The number of hydrogen-bond donors (Lipinski definition) is 4. The smallest absolute Gasteiger partial charge is 0.460 e. The van der Waals surface area contributed by atoms with Crippen LogP contribution in [0.5, 0.6) is 5.75 Å². The van der Waals surface area contributed by atoms with Crippen molar-refractivity contribution in [1.29, 1.82) is 0 Å². The zero-order chi connectivity index (χ0) is 89.4. The van der Waals surface area contributed by atoms with E-state index in [4.69, 9.17) is 37.3 Å². The van der Waals surface area contributed by atoms with Crippen LogP contribution < -0.4 is 30.8 Å². The normalized spacial score (nSPS) is 16.8. The summed E-state index contributed by atoms with van der Waals surface area (Å²) >= 11 is 0. The van der Waals surface area contributed by atoms with Gasteiger partial charge in [0.15, 0.2) is 0 Å². The van der Waals surface area contributed by atoms with Crippen LogP contribution in [0.2, 0.25) is 0 Å². The number of carbonyl (C=O) groups is 7. The number of phosphoric ester groups is 1. The Kier molecular flexibility index (Phi) is 30.3. The van der Waals surface area contributed by atoms with Gasteiger partial charge < -0.3 is 58.5 Å². The molecular formula is C80H102F10N11O18P. The number of alkyl carbamates (subject to hydrolysis) is 2. The number of aromatic nitrogens is 4. The third kappa shape index (κ3) is 25.6. The molecule has 5 heterocycles. The Labute approximate surface area is 688 Å². The van der Waals surface area contributed by atoms with Crippen LogP contribution in [0.1, 0.15) is 169 Å². The minimum Gasteiger partial charge on any atom is -0.460 e. The summed E-state index contributed by atoms with van der Waals surface area (Å²) in [5.41, 5.74) is -9.83. The second kappa shape index (κ2) is 38.0. The molecule has 6 atom stereocenters. The second-order valence-electron chi connectivity index (χ2n) is 34.0. The van der Waals surface area contributed by atoms with Gasteiger partial charge in [-0.3, -0.25) is 38.6 Å². The number of fused-ring (bicyclic) bond motifs is 2. The zero-order valence-electron chi connectivity index (χ0n) is 69.7. The molecule has 660 valence electrons. The van der Waals surface area contributed by atoms with Crippen molar-refractivity contribution >= 4 is 55.9 Å². The molecule has 4 N–H and O–H groups in total. The summed E-state index contributed by atoms with van der Waals surface area (Å²) in [6.45, 7) is 16.5. The number of aryl methyl sites for hydroxylation is 1. The van der Waals surface area contributed by atoms with Gasteiger partial charge in [0.05, 0.1) is 92.2 Å². The highest BCUT2D eigenvalue weighted by Crippen LogP contribution is 2.57. The van der Waals surface area contributed by atoms with E-state index in [-0.39, 0.29) is 27.1 Å². The van der Waals surface area contributed by atoms with E-state index in [1.165, 1.54) is 56.6 Å². The highest BCUT2D eigenvalue weighted by atomic mass is 31.2. The molecular weight excluding hydrogens is 1620 g/mol. The van der Waals surface area contributed by atoms with Crippen molar-refractivity contribution in [1.82, 2.24) is 51.0 Å². The Morgan fingerprint density at radius 2 is 1.22 bits per heavy atom. The standard InChI is InChI=1S/C80H102F10N11O18P/c1-45-29-50(34-61(102)116-73(2,3)4)63(59(30-45)117-120(109,118-74(5,6)7)119-75(8,9)10)76(11,12)35-62(103)113-44-114-72(108)115-60(41-99(97-67(105)65(95-71(107)111-18)78(15,16)80(88,89)90)40-54-55(81)32-49(33-56(54)82)57-27-28-100(96-57)68(83)84)58(93-66(104)64(94-70(106)110-17)77(13,14)79(85,86)87)31-47-22-19-46(20-23-47)21-24-48-36-91-69(92-37-48)98-38-51-25-26-52(39-98)101(51)53-42-112-43-53/h19-20,22-23,27-30,32-33,36-37,51-53,58,60,64-65,68H,25-26,31,34-35,38-44H2,1-18H3,(H,93,104)(H,94,106)(H,95,107)(H,97,105)/t51?,52?,58-,60-,64+,65+/m0/s1. The Hall–Kier alpha value is -9.87. The summed E-state index contributed by atoms with van der Waals surface area (Å²) in [5, 5.41) is 9.99. The van der Waals surface area contributed by atoms with E-state index in [0.717, 1.165) is 39.3 Å². The highest BCUT2D eigenvalue weighted by Gasteiger charge is 2.58. The number of nitrogens with zero attached hydrogens (tertiary/aromatic N) is 7. The molecule has 29 nitrogen and oxygen atoms in total. The van der Waals surface area contributed by atoms with Crippen LogP contribution in [0.4, 0.5) is 64.2 Å². The quantitative estimate of drug-likeness (QED) is 0.00609. The van der Waals surface area contributed by atoms with Gasteiger partial charge >= 0.3 is 57.0 Å². The number of halogens is 10. The van der Waals surface area contributed by atoms with Gasteiger partial charge in [-0.25, -0.2) is 47.4 Å². The summed E-state index contributed by atoms with van der Waals surface area (Å²) in [7, 11) is -3.18. The van der Waals surface area contributed by atoms with Gasteiger partial charge in [-0.05, 0) is 169 Å². The van der Waals surface area contributed by atoms with Crippen molar-refractivity contribution < 1.29 is 129 Å². The number of hydrogen-bond acceptors (Lipinski definition) is 24. The molecule has 0 saturated carbocycles. The van der Waals surface area contributed by atoms with Crippen LogP contribution in [0.15, 0.2) is 73.2 Å². The van der Waals surface area contributed by atoms with Gasteiger partial charge in [0.25, 0.3) is 5.91 Å².